The number of aromatic amines is 1. The zero-order valence-corrected chi connectivity index (χ0v) is 18.9. The summed E-state index contributed by atoms with van der Waals surface area (Å²) in [6.07, 6.45) is 9.02. The molecule has 9 nitrogen and oxygen atoms in total. The van der Waals surface area contributed by atoms with E-state index in [4.69, 9.17) is 4.74 Å². The predicted octanol–water partition coefficient (Wildman–Crippen LogP) is 3.02. The van der Waals surface area contributed by atoms with Crippen LogP contribution in [0.1, 0.15) is 68.6 Å². The number of carbonyl (C=O) groups is 2. The Hall–Kier alpha value is -2.68. The van der Waals surface area contributed by atoms with E-state index in [2.05, 4.69) is 25.9 Å². The summed E-state index contributed by atoms with van der Waals surface area (Å²) < 4.78 is 6.47. The molecule has 2 amide bonds. The molecule has 0 atom stereocenters. The lowest BCUT2D eigenvalue weighted by atomic mass is 9.63. The Morgan fingerprint density at radius 3 is 2.61 bits per heavy atom. The first-order valence-electron chi connectivity index (χ1n) is 10.9. The molecular formula is C22H34N6O3. The zero-order chi connectivity index (χ0) is 22.4. The summed E-state index contributed by atoms with van der Waals surface area (Å²) in [5, 5.41) is 16.2. The zero-order valence-electron chi connectivity index (χ0n) is 18.9. The van der Waals surface area contributed by atoms with Crippen LogP contribution >= 0.6 is 0 Å². The third-order valence-corrected chi connectivity index (χ3v) is 5.96. The lowest BCUT2D eigenvalue weighted by Gasteiger charge is -2.42. The van der Waals surface area contributed by atoms with Crippen LogP contribution in [0.4, 0.5) is 5.82 Å². The SMILES string of the molecule is CC(C)NC(=O)CC1(C2CC2)CCC1.COCc1cc(C(=O)Nc2ccn[nH]2)n(C)n1. The van der Waals surface area contributed by atoms with Crippen LogP contribution in [0.15, 0.2) is 18.3 Å². The molecule has 2 aromatic heterocycles. The van der Waals surface area contributed by atoms with Crippen molar-refractivity contribution in [2.45, 2.75) is 65.0 Å². The van der Waals surface area contributed by atoms with E-state index in [1.807, 2.05) is 13.8 Å². The lowest BCUT2D eigenvalue weighted by molar-refractivity contribution is -0.126. The largest absolute Gasteiger partial charge is 0.378 e. The van der Waals surface area contributed by atoms with Gasteiger partial charge in [-0.25, -0.2) is 0 Å². The molecule has 0 aliphatic heterocycles. The molecule has 4 rings (SSSR count). The molecule has 0 bridgehead atoms. The number of amides is 2. The monoisotopic (exact) mass is 430 g/mol. The van der Waals surface area contributed by atoms with Crippen molar-refractivity contribution in [3.63, 3.8) is 0 Å². The van der Waals surface area contributed by atoms with E-state index in [1.54, 1.807) is 32.5 Å². The normalized spacial score (nSPS) is 16.8. The molecule has 0 unspecified atom stereocenters. The molecule has 2 aliphatic carbocycles. The van der Waals surface area contributed by atoms with Crippen LogP contribution in [0.3, 0.4) is 0 Å². The maximum atomic E-state index is 11.9. The number of anilines is 1. The highest BCUT2D eigenvalue weighted by atomic mass is 16.5. The minimum absolute atomic E-state index is 0.244. The molecule has 0 saturated heterocycles. The van der Waals surface area contributed by atoms with Crippen LogP contribution in [-0.4, -0.2) is 44.9 Å². The van der Waals surface area contributed by atoms with Gasteiger partial charge in [-0.15, -0.1) is 0 Å². The van der Waals surface area contributed by atoms with Gasteiger partial charge >= 0.3 is 0 Å². The first-order chi connectivity index (χ1) is 14.8. The van der Waals surface area contributed by atoms with Gasteiger partial charge in [-0.3, -0.25) is 19.4 Å². The standard InChI is InChI=1S/C12H21NO.C10H13N5O2/c1-9(2)13-11(14)8-12(6-3-7-12)10-4-5-10;1-15-8(5-7(14-15)6-17-2)10(16)12-9-3-4-11-13-9/h9-10H,3-8H2,1-2H3,(H,13,14);3-5H,6H2,1-2H3,(H2,11,12,13,16). The van der Waals surface area contributed by atoms with Gasteiger partial charge in [-0.1, -0.05) is 6.42 Å². The molecule has 0 spiro atoms. The van der Waals surface area contributed by atoms with E-state index in [-0.39, 0.29) is 11.8 Å². The van der Waals surface area contributed by atoms with Gasteiger partial charge < -0.3 is 15.4 Å². The van der Waals surface area contributed by atoms with Crippen molar-refractivity contribution < 1.29 is 14.3 Å². The number of hydrogen-bond acceptors (Lipinski definition) is 5. The summed E-state index contributed by atoms with van der Waals surface area (Å²) in [5.41, 5.74) is 1.61. The quantitative estimate of drug-likeness (QED) is 0.596. The molecular weight excluding hydrogens is 396 g/mol. The van der Waals surface area contributed by atoms with Gasteiger partial charge in [0.05, 0.1) is 18.5 Å². The molecule has 2 fully saturated rings. The van der Waals surface area contributed by atoms with Crippen molar-refractivity contribution >= 4 is 17.6 Å². The second-order valence-corrected chi connectivity index (χ2v) is 8.89. The van der Waals surface area contributed by atoms with Crippen molar-refractivity contribution in [1.29, 1.82) is 0 Å². The van der Waals surface area contributed by atoms with Gasteiger partial charge in [-0.2, -0.15) is 10.2 Å². The predicted molar refractivity (Wildman–Crippen MR) is 117 cm³/mol. The number of carbonyl (C=O) groups excluding carboxylic acids is 2. The molecule has 2 aliphatic rings. The second kappa shape index (κ2) is 10.1. The average molecular weight is 431 g/mol. The second-order valence-electron chi connectivity index (χ2n) is 8.89. The molecule has 2 heterocycles. The van der Waals surface area contributed by atoms with E-state index in [9.17, 15) is 9.59 Å². The summed E-state index contributed by atoms with van der Waals surface area (Å²) in [6.45, 7) is 4.44. The first kappa shape index (κ1) is 23.0. The fourth-order valence-corrected chi connectivity index (χ4v) is 4.22. The highest BCUT2D eigenvalue weighted by Gasteiger charge is 2.49. The molecule has 9 heteroatoms. The van der Waals surface area contributed by atoms with Crippen molar-refractivity contribution in [2.75, 3.05) is 12.4 Å². The number of ether oxygens (including phenoxy) is 1. The van der Waals surface area contributed by atoms with Gasteiger partial charge in [0, 0.05) is 32.7 Å². The highest BCUT2D eigenvalue weighted by molar-refractivity contribution is 6.02. The smallest absolute Gasteiger partial charge is 0.275 e. The Kier molecular flexibility index (Phi) is 7.48. The number of aryl methyl sites for hydroxylation is 1. The Morgan fingerprint density at radius 1 is 1.35 bits per heavy atom. The number of hydrogen-bond donors (Lipinski definition) is 3. The molecule has 3 N–H and O–H groups in total. The molecule has 0 radical (unpaired) electrons. The summed E-state index contributed by atoms with van der Waals surface area (Å²) in [6, 6.07) is 3.65. The van der Waals surface area contributed by atoms with Crippen molar-refractivity contribution in [2.24, 2.45) is 18.4 Å². The topological polar surface area (TPSA) is 114 Å². The fourth-order valence-electron chi connectivity index (χ4n) is 4.22. The summed E-state index contributed by atoms with van der Waals surface area (Å²) >= 11 is 0. The minimum Gasteiger partial charge on any atom is -0.378 e. The van der Waals surface area contributed by atoms with Gasteiger partial charge in [-0.05, 0) is 56.9 Å². The van der Waals surface area contributed by atoms with Crippen LogP contribution < -0.4 is 10.6 Å². The van der Waals surface area contributed by atoms with Crippen molar-refractivity contribution in [1.82, 2.24) is 25.3 Å². The van der Waals surface area contributed by atoms with Crippen LogP contribution in [0.2, 0.25) is 0 Å². The van der Waals surface area contributed by atoms with E-state index < -0.39 is 0 Å². The molecule has 2 saturated carbocycles. The van der Waals surface area contributed by atoms with E-state index >= 15 is 0 Å². The van der Waals surface area contributed by atoms with Crippen molar-refractivity contribution in [3.8, 4) is 0 Å². The number of nitrogens with one attached hydrogen (secondary N) is 3. The van der Waals surface area contributed by atoms with Gasteiger partial charge in [0.1, 0.15) is 11.5 Å². The summed E-state index contributed by atoms with van der Waals surface area (Å²) in [7, 11) is 3.29. The summed E-state index contributed by atoms with van der Waals surface area (Å²) in [5.74, 6) is 1.46. The highest BCUT2D eigenvalue weighted by Crippen LogP contribution is 2.59. The maximum Gasteiger partial charge on any atom is 0.275 e. The first-order valence-corrected chi connectivity index (χ1v) is 10.9. The Balaban J connectivity index is 0.000000179. The van der Waals surface area contributed by atoms with E-state index in [0.717, 1.165) is 12.3 Å². The molecule has 31 heavy (non-hydrogen) atoms. The van der Waals surface area contributed by atoms with Gasteiger partial charge in [0.25, 0.3) is 5.91 Å². The number of rotatable bonds is 8. The van der Waals surface area contributed by atoms with Crippen LogP contribution in [0, 0.1) is 11.3 Å². The van der Waals surface area contributed by atoms with Crippen LogP contribution in [0.5, 0.6) is 0 Å². The van der Waals surface area contributed by atoms with Crippen molar-refractivity contribution in [3.05, 3.63) is 29.7 Å². The molecule has 170 valence electrons. The fraction of sp³-hybridized carbons (Fsp3) is 0.636. The van der Waals surface area contributed by atoms with Gasteiger partial charge in [0.15, 0.2) is 0 Å². The van der Waals surface area contributed by atoms with Crippen LogP contribution in [-0.2, 0) is 23.2 Å². The Labute approximate surface area is 183 Å². The number of aromatic nitrogens is 4. The van der Waals surface area contributed by atoms with E-state index in [0.29, 0.717) is 35.3 Å². The lowest BCUT2D eigenvalue weighted by Crippen LogP contribution is -2.40. The third kappa shape index (κ3) is 6.16. The minimum atomic E-state index is -0.244. The molecule has 0 aromatic carbocycles. The Morgan fingerprint density at radius 2 is 2.10 bits per heavy atom. The van der Waals surface area contributed by atoms with E-state index in [1.165, 1.54) is 36.8 Å². The summed E-state index contributed by atoms with van der Waals surface area (Å²) in [4.78, 5) is 23.6. The average Bonchev–Trinajstić information content (AvgIpc) is 3.27. The molecule has 2 aromatic rings. The van der Waals surface area contributed by atoms with Gasteiger partial charge in [0.2, 0.25) is 5.91 Å². The van der Waals surface area contributed by atoms with Crippen LogP contribution in [0.25, 0.3) is 0 Å². The maximum absolute atomic E-state index is 11.9. The Bertz CT molecular complexity index is 866. The number of nitrogens with zero attached hydrogens (tertiary/aromatic N) is 3. The number of methoxy groups -OCH3 is 1. The number of H-pyrrole nitrogens is 1. The third-order valence-electron chi connectivity index (χ3n) is 5.96.